The molecule has 0 aromatic heterocycles. The second kappa shape index (κ2) is 5.65. The molecule has 1 aromatic carbocycles. The summed E-state index contributed by atoms with van der Waals surface area (Å²) in [5.74, 6) is 2.67. The van der Waals surface area contributed by atoms with Gasteiger partial charge in [0.15, 0.2) is 0 Å². The van der Waals surface area contributed by atoms with E-state index in [2.05, 4.69) is 11.4 Å². The molecular formula is C17H25NO2. The minimum atomic E-state index is 0.0936. The van der Waals surface area contributed by atoms with Crippen molar-refractivity contribution in [3.05, 3.63) is 23.8 Å². The molecule has 1 heterocycles. The fourth-order valence-electron chi connectivity index (χ4n) is 3.64. The highest BCUT2D eigenvalue weighted by Crippen LogP contribution is 2.52. The van der Waals surface area contributed by atoms with Crippen molar-refractivity contribution in [2.45, 2.75) is 44.1 Å². The van der Waals surface area contributed by atoms with Gasteiger partial charge in [0.25, 0.3) is 0 Å². The molecule has 110 valence electrons. The van der Waals surface area contributed by atoms with Crippen molar-refractivity contribution < 1.29 is 9.47 Å². The van der Waals surface area contributed by atoms with E-state index in [1.807, 2.05) is 12.1 Å². The van der Waals surface area contributed by atoms with E-state index in [9.17, 15) is 0 Å². The summed E-state index contributed by atoms with van der Waals surface area (Å²) in [6.45, 7) is 1.11. The van der Waals surface area contributed by atoms with E-state index in [1.165, 1.54) is 44.1 Å². The quantitative estimate of drug-likeness (QED) is 0.912. The summed E-state index contributed by atoms with van der Waals surface area (Å²) in [5, 5.41) is 3.86. The molecule has 3 rings (SSSR count). The maximum absolute atomic E-state index is 5.65. The Morgan fingerprint density at radius 1 is 1.10 bits per heavy atom. The molecule has 20 heavy (non-hydrogen) atoms. The molecule has 0 radical (unpaired) electrons. The van der Waals surface area contributed by atoms with Gasteiger partial charge < -0.3 is 14.8 Å². The predicted molar refractivity (Wildman–Crippen MR) is 80.4 cm³/mol. The van der Waals surface area contributed by atoms with Crippen LogP contribution in [0.2, 0.25) is 0 Å². The first-order valence-electron chi connectivity index (χ1n) is 7.78. The zero-order valence-electron chi connectivity index (χ0n) is 12.6. The molecule has 1 unspecified atom stereocenters. The van der Waals surface area contributed by atoms with Crippen LogP contribution in [0.3, 0.4) is 0 Å². The Labute approximate surface area is 121 Å². The van der Waals surface area contributed by atoms with Gasteiger partial charge in [-0.25, -0.2) is 0 Å². The average Bonchev–Trinajstić information content (AvgIpc) is 3.32. The van der Waals surface area contributed by atoms with Crippen molar-refractivity contribution in [2.75, 3.05) is 20.8 Å². The molecule has 0 bridgehead atoms. The normalized spacial score (nSPS) is 26.9. The van der Waals surface area contributed by atoms with Gasteiger partial charge in [0.05, 0.1) is 19.8 Å². The van der Waals surface area contributed by atoms with Crippen molar-refractivity contribution in [3.8, 4) is 11.5 Å². The summed E-state index contributed by atoms with van der Waals surface area (Å²) < 4.78 is 11.1. The molecule has 3 heteroatoms. The standard InChI is InChI=1S/C17H25NO2/c1-19-14-8-9-16(20-2)15(12-14)17(13-6-7-13)10-4-3-5-11-18-17/h8-9,12-13,18H,3-7,10-11H2,1-2H3. The summed E-state index contributed by atoms with van der Waals surface area (Å²) in [4.78, 5) is 0. The molecule has 0 spiro atoms. The number of rotatable bonds is 4. The molecule has 3 nitrogen and oxygen atoms in total. The van der Waals surface area contributed by atoms with Crippen LogP contribution in [0.25, 0.3) is 0 Å². The van der Waals surface area contributed by atoms with Crippen LogP contribution in [-0.4, -0.2) is 20.8 Å². The Hall–Kier alpha value is -1.22. The summed E-state index contributed by atoms with van der Waals surface area (Å²) >= 11 is 0. The smallest absolute Gasteiger partial charge is 0.124 e. The van der Waals surface area contributed by atoms with Gasteiger partial charge in [-0.15, -0.1) is 0 Å². The van der Waals surface area contributed by atoms with Gasteiger partial charge in [0.1, 0.15) is 11.5 Å². The Morgan fingerprint density at radius 2 is 1.95 bits per heavy atom. The second-order valence-corrected chi connectivity index (χ2v) is 6.05. The van der Waals surface area contributed by atoms with Gasteiger partial charge in [0, 0.05) is 5.56 Å². The lowest BCUT2D eigenvalue weighted by molar-refractivity contribution is 0.265. The van der Waals surface area contributed by atoms with Gasteiger partial charge in [-0.3, -0.25) is 0 Å². The number of nitrogens with one attached hydrogen (secondary N) is 1. The predicted octanol–water partition coefficient (Wildman–Crippen LogP) is 3.47. The highest BCUT2D eigenvalue weighted by Gasteiger charge is 2.47. The lowest BCUT2D eigenvalue weighted by Crippen LogP contribution is -2.44. The molecule has 1 saturated carbocycles. The minimum Gasteiger partial charge on any atom is -0.497 e. The third kappa shape index (κ3) is 2.39. The Bertz CT molecular complexity index is 460. The molecule has 1 aliphatic heterocycles. The highest BCUT2D eigenvalue weighted by molar-refractivity contribution is 5.46. The summed E-state index contributed by atoms with van der Waals surface area (Å²) in [5.41, 5.74) is 1.39. The lowest BCUT2D eigenvalue weighted by Gasteiger charge is -2.36. The van der Waals surface area contributed by atoms with E-state index in [0.29, 0.717) is 0 Å². The fourth-order valence-corrected chi connectivity index (χ4v) is 3.64. The third-order valence-corrected chi connectivity index (χ3v) is 4.85. The van der Waals surface area contributed by atoms with Crippen LogP contribution in [0, 0.1) is 5.92 Å². The minimum absolute atomic E-state index is 0.0936. The van der Waals surface area contributed by atoms with E-state index in [1.54, 1.807) is 14.2 Å². The van der Waals surface area contributed by atoms with Crippen LogP contribution < -0.4 is 14.8 Å². The van der Waals surface area contributed by atoms with Gasteiger partial charge in [-0.2, -0.15) is 0 Å². The topological polar surface area (TPSA) is 30.5 Å². The van der Waals surface area contributed by atoms with Crippen molar-refractivity contribution >= 4 is 0 Å². The largest absolute Gasteiger partial charge is 0.497 e. The molecule has 1 aromatic rings. The zero-order chi connectivity index (χ0) is 14.0. The number of hydrogen-bond acceptors (Lipinski definition) is 3. The number of ether oxygens (including phenoxy) is 2. The number of methoxy groups -OCH3 is 2. The maximum atomic E-state index is 5.65. The van der Waals surface area contributed by atoms with Crippen molar-refractivity contribution in [2.24, 2.45) is 5.92 Å². The van der Waals surface area contributed by atoms with E-state index in [4.69, 9.17) is 9.47 Å². The van der Waals surface area contributed by atoms with Crippen LogP contribution in [0.1, 0.15) is 44.1 Å². The van der Waals surface area contributed by atoms with E-state index >= 15 is 0 Å². The molecule has 1 aliphatic carbocycles. The van der Waals surface area contributed by atoms with Gasteiger partial charge in [-0.05, 0) is 56.3 Å². The first-order chi connectivity index (χ1) is 9.80. The SMILES string of the molecule is COc1ccc(OC)c(C2(C3CC3)CCCCCN2)c1. The fraction of sp³-hybridized carbons (Fsp3) is 0.647. The Morgan fingerprint density at radius 3 is 2.65 bits per heavy atom. The van der Waals surface area contributed by atoms with Gasteiger partial charge in [0.2, 0.25) is 0 Å². The molecule has 1 saturated heterocycles. The van der Waals surface area contributed by atoms with Crippen LogP contribution in [-0.2, 0) is 5.54 Å². The third-order valence-electron chi connectivity index (χ3n) is 4.85. The van der Waals surface area contributed by atoms with Crippen LogP contribution in [0.15, 0.2) is 18.2 Å². The molecule has 1 atom stereocenters. The average molecular weight is 275 g/mol. The monoisotopic (exact) mass is 275 g/mol. The Kier molecular flexibility index (Phi) is 3.88. The summed E-state index contributed by atoms with van der Waals surface area (Å²) in [7, 11) is 3.50. The van der Waals surface area contributed by atoms with E-state index in [0.717, 1.165) is 24.0 Å². The van der Waals surface area contributed by atoms with E-state index < -0.39 is 0 Å². The Balaban J connectivity index is 2.05. The summed E-state index contributed by atoms with van der Waals surface area (Å²) in [6, 6.07) is 6.21. The second-order valence-electron chi connectivity index (χ2n) is 6.05. The lowest BCUT2D eigenvalue weighted by atomic mass is 9.80. The van der Waals surface area contributed by atoms with Crippen molar-refractivity contribution in [1.29, 1.82) is 0 Å². The zero-order valence-corrected chi connectivity index (χ0v) is 12.6. The highest BCUT2D eigenvalue weighted by atomic mass is 16.5. The molecule has 2 fully saturated rings. The van der Waals surface area contributed by atoms with Crippen LogP contribution >= 0.6 is 0 Å². The molecule has 2 aliphatic rings. The van der Waals surface area contributed by atoms with Gasteiger partial charge >= 0.3 is 0 Å². The number of hydrogen-bond donors (Lipinski definition) is 1. The van der Waals surface area contributed by atoms with Gasteiger partial charge in [-0.1, -0.05) is 12.8 Å². The molecular weight excluding hydrogens is 250 g/mol. The maximum Gasteiger partial charge on any atom is 0.124 e. The first-order valence-corrected chi connectivity index (χ1v) is 7.78. The summed E-state index contributed by atoms with van der Waals surface area (Å²) in [6.07, 6.45) is 7.76. The van der Waals surface area contributed by atoms with Crippen LogP contribution in [0.4, 0.5) is 0 Å². The molecule has 1 N–H and O–H groups in total. The van der Waals surface area contributed by atoms with Crippen LogP contribution in [0.5, 0.6) is 11.5 Å². The number of benzene rings is 1. The van der Waals surface area contributed by atoms with Crippen molar-refractivity contribution in [1.82, 2.24) is 5.32 Å². The van der Waals surface area contributed by atoms with Crippen molar-refractivity contribution in [3.63, 3.8) is 0 Å². The first kappa shape index (κ1) is 13.7. The van der Waals surface area contributed by atoms with E-state index in [-0.39, 0.29) is 5.54 Å². The molecule has 0 amide bonds.